The van der Waals surface area contributed by atoms with Crippen molar-refractivity contribution >= 4 is 35.0 Å². The minimum Gasteiger partial charge on any atom is -0.545 e. The van der Waals surface area contributed by atoms with Crippen molar-refractivity contribution in [3.63, 3.8) is 0 Å². The van der Waals surface area contributed by atoms with Crippen LogP contribution in [0.1, 0.15) is 21.7 Å². The molecule has 1 fully saturated rings. The van der Waals surface area contributed by atoms with E-state index in [0.717, 1.165) is 16.7 Å². The van der Waals surface area contributed by atoms with E-state index in [2.05, 4.69) is 5.92 Å². The second-order valence-corrected chi connectivity index (χ2v) is 6.43. The van der Waals surface area contributed by atoms with Crippen molar-refractivity contribution < 1.29 is 23.9 Å². The number of aromatic carboxylic acids is 1. The second kappa shape index (κ2) is 6.94. The minimum absolute atomic E-state index is 0.0795. The molecule has 0 atom stereocenters. The van der Waals surface area contributed by atoms with Crippen LogP contribution in [-0.4, -0.2) is 28.6 Å². The number of terminal acetylenes is 1. The third-order valence-electron chi connectivity index (χ3n) is 3.84. The van der Waals surface area contributed by atoms with E-state index >= 15 is 0 Å². The largest absolute Gasteiger partial charge is 0.545 e. The number of carboxylic acid groups (broad SMARTS) is 1. The Labute approximate surface area is 153 Å². The van der Waals surface area contributed by atoms with E-state index in [1.54, 1.807) is 31.2 Å². The molecule has 2 aromatic rings. The van der Waals surface area contributed by atoms with Crippen molar-refractivity contribution in [3.8, 4) is 23.7 Å². The summed E-state index contributed by atoms with van der Waals surface area (Å²) in [5.74, 6) is 1.35. The molecular formula is C19H12NO5S-. The summed E-state index contributed by atoms with van der Waals surface area (Å²) in [7, 11) is 0. The number of nitrogens with zero attached hydrogens (tertiary/aromatic N) is 1. The first kappa shape index (κ1) is 17.6. The van der Waals surface area contributed by atoms with Gasteiger partial charge in [0.2, 0.25) is 0 Å². The minimum atomic E-state index is -1.27. The molecular weight excluding hydrogens is 354 g/mol. The van der Waals surface area contributed by atoms with Crippen LogP contribution in [0.5, 0.6) is 0 Å². The van der Waals surface area contributed by atoms with Crippen LogP contribution in [0.3, 0.4) is 0 Å². The fraction of sp³-hybridized carbons (Fsp3) is 0.105. The molecule has 1 saturated heterocycles. The van der Waals surface area contributed by atoms with E-state index in [0.29, 0.717) is 22.6 Å². The van der Waals surface area contributed by atoms with E-state index in [4.69, 9.17) is 10.8 Å². The Hall–Kier alpha value is -3.24. The summed E-state index contributed by atoms with van der Waals surface area (Å²) in [6.07, 6.45) is 6.62. The smallest absolute Gasteiger partial charge is 0.294 e. The van der Waals surface area contributed by atoms with Gasteiger partial charge in [-0.25, -0.2) is 0 Å². The van der Waals surface area contributed by atoms with Crippen molar-refractivity contribution in [2.45, 2.75) is 6.92 Å². The molecule has 1 aliphatic heterocycles. The van der Waals surface area contributed by atoms with E-state index in [1.165, 1.54) is 12.1 Å². The van der Waals surface area contributed by atoms with Crippen LogP contribution in [0.4, 0.5) is 4.79 Å². The van der Waals surface area contributed by atoms with Gasteiger partial charge >= 0.3 is 0 Å². The van der Waals surface area contributed by atoms with E-state index in [-0.39, 0.29) is 17.0 Å². The number of benzene rings is 1. The molecule has 26 heavy (non-hydrogen) atoms. The summed E-state index contributed by atoms with van der Waals surface area (Å²) in [6, 6.07) is 8.08. The zero-order chi connectivity index (χ0) is 18.8. The SMILES string of the molecule is C#CCN1C(=O)S/C(=C/c2ccc(-c3cccc(C(=O)[O-])c3C)o2)C1=O. The lowest BCUT2D eigenvalue weighted by atomic mass is 10.0. The van der Waals surface area contributed by atoms with Crippen LogP contribution in [0.2, 0.25) is 0 Å². The number of carbonyl (C=O) groups excluding carboxylic acids is 3. The fourth-order valence-electron chi connectivity index (χ4n) is 2.56. The lowest BCUT2D eigenvalue weighted by Gasteiger charge is -2.10. The molecule has 1 aromatic heterocycles. The highest BCUT2D eigenvalue weighted by Gasteiger charge is 2.34. The average molecular weight is 366 g/mol. The van der Waals surface area contributed by atoms with E-state index in [9.17, 15) is 19.5 Å². The van der Waals surface area contributed by atoms with Crippen LogP contribution in [-0.2, 0) is 4.79 Å². The molecule has 0 radical (unpaired) electrons. The van der Waals surface area contributed by atoms with Crippen LogP contribution >= 0.6 is 11.8 Å². The number of hydrogen-bond acceptors (Lipinski definition) is 6. The molecule has 0 spiro atoms. The summed E-state index contributed by atoms with van der Waals surface area (Å²) in [6.45, 7) is 1.58. The van der Waals surface area contributed by atoms with Crippen LogP contribution in [0.15, 0.2) is 39.7 Å². The monoisotopic (exact) mass is 366 g/mol. The highest BCUT2D eigenvalue weighted by atomic mass is 32.2. The van der Waals surface area contributed by atoms with Gasteiger partial charge in [0.25, 0.3) is 11.1 Å². The van der Waals surface area contributed by atoms with Gasteiger partial charge in [-0.2, -0.15) is 0 Å². The predicted molar refractivity (Wildman–Crippen MR) is 94.7 cm³/mol. The number of amides is 2. The highest BCUT2D eigenvalue weighted by molar-refractivity contribution is 8.18. The molecule has 6 nitrogen and oxygen atoms in total. The molecule has 0 aliphatic carbocycles. The maximum absolute atomic E-state index is 12.2. The summed E-state index contributed by atoms with van der Waals surface area (Å²) in [4.78, 5) is 36.3. The van der Waals surface area contributed by atoms with Crippen molar-refractivity contribution in [1.29, 1.82) is 0 Å². The first-order valence-corrected chi connectivity index (χ1v) is 8.34. The molecule has 1 aromatic carbocycles. The quantitative estimate of drug-likeness (QED) is 0.609. The predicted octanol–water partition coefficient (Wildman–Crippen LogP) is 2.29. The van der Waals surface area contributed by atoms with Crippen LogP contribution in [0.25, 0.3) is 17.4 Å². The highest BCUT2D eigenvalue weighted by Crippen LogP contribution is 2.33. The zero-order valence-corrected chi connectivity index (χ0v) is 14.5. The molecule has 0 N–H and O–H groups in total. The lowest BCUT2D eigenvalue weighted by Crippen LogP contribution is -2.28. The Morgan fingerprint density at radius 2 is 2.12 bits per heavy atom. The van der Waals surface area contributed by atoms with Crippen LogP contribution < -0.4 is 5.11 Å². The normalized spacial score (nSPS) is 15.5. The average Bonchev–Trinajstić information content (AvgIpc) is 3.15. The standard InChI is InChI=1S/C19H13NO5S/c1-3-9-20-17(21)16(26-19(20)24)10-12-7-8-15(25-12)13-5-4-6-14(11(13)2)18(22)23/h1,4-8,10H,9H2,2H3,(H,22,23)/p-1/b16-10+. The van der Waals surface area contributed by atoms with Crippen molar-refractivity contribution in [2.24, 2.45) is 0 Å². The topological polar surface area (TPSA) is 90.7 Å². The van der Waals surface area contributed by atoms with Crippen molar-refractivity contribution in [1.82, 2.24) is 4.90 Å². The Balaban J connectivity index is 1.92. The number of rotatable bonds is 4. The molecule has 2 heterocycles. The van der Waals surface area contributed by atoms with Gasteiger partial charge in [0, 0.05) is 17.2 Å². The zero-order valence-electron chi connectivity index (χ0n) is 13.6. The summed E-state index contributed by atoms with van der Waals surface area (Å²) in [5, 5.41) is 10.7. The Morgan fingerprint density at radius 1 is 1.35 bits per heavy atom. The Bertz CT molecular complexity index is 996. The Morgan fingerprint density at radius 3 is 2.81 bits per heavy atom. The van der Waals surface area contributed by atoms with Gasteiger partial charge in [-0.1, -0.05) is 24.1 Å². The fourth-order valence-corrected chi connectivity index (χ4v) is 3.37. The van der Waals surface area contributed by atoms with Gasteiger partial charge in [-0.05, 0) is 36.4 Å². The van der Waals surface area contributed by atoms with Gasteiger partial charge in [0.1, 0.15) is 11.5 Å². The van der Waals surface area contributed by atoms with Gasteiger partial charge in [-0.3, -0.25) is 14.5 Å². The van der Waals surface area contributed by atoms with E-state index < -0.39 is 17.1 Å². The number of hydrogen-bond donors (Lipinski definition) is 0. The molecule has 7 heteroatoms. The van der Waals surface area contributed by atoms with Crippen molar-refractivity contribution in [3.05, 3.63) is 52.1 Å². The van der Waals surface area contributed by atoms with E-state index in [1.807, 2.05) is 0 Å². The third-order valence-corrected chi connectivity index (χ3v) is 4.75. The lowest BCUT2D eigenvalue weighted by molar-refractivity contribution is -0.255. The van der Waals surface area contributed by atoms with Gasteiger partial charge in [0.15, 0.2) is 0 Å². The van der Waals surface area contributed by atoms with Gasteiger partial charge in [0.05, 0.1) is 17.4 Å². The molecule has 0 saturated carbocycles. The molecule has 0 unspecified atom stereocenters. The number of carbonyl (C=O) groups is 3. The Kier molecular flexibility index (Phi) is 4.69. The van der Waals surface area contributed by atoms with Crippen LogP contribution in [0, 0.1) is 19.3 Å². The number of furan rings is 1. The van der Waals surface area contributed by atoms with Gasteiger partial charge in [-0.15, -0.1) is 6.42 Å². The second-order valence-electron chi connectivity index (χ2n) is 5.44. The van der Waals surface area contributed by atoms with Gasteiger partial charge < -0.3 is 14.3 Å². The third kappa shape index (κ3) is 3.15. The molecule has 0 bridgehead atoms. The summed E-state index contributed by atoms with van der Waals surface area (Å²) in [5.41, 5.74) is 1.20. The number of carboxylic acids is 1. The number of imide groups is 1. The maximum atomic E-state index is 12.2. The first-order chi connectivity index (χ1) is 12.4. The molecule has 3 rings (SSSR count). The maximum Gasteiger partial charge on any atom is 0.294 e. The summed E-state index contributed by atoms with van der Waals surface area (Å²) >= 11 is 0.788. The first-order valence-electron chi connectivity index (χ1n) is 7.52. The molecule has 2 amide bonds. The summed E-state index contributed by atoms with van der Waals surface area (Å²) < 4.78 is 5.70. The molecule has 1 aliphatic rings. The molecule has 130 valence electrons. The number of thioether (sulfide) groups is 1. The van der Waals surface area contributed by atoms with Crippen molar-refractivity contribution in [2.75, 3.05) is 6.54 Å².